The van der Waals surface area contributed by atoms with Crippen LogP contribution in [-0.2, 0) is 15.1 Å². The summed E-state index contributed by atoms with van der Waals surface area (Å²) in [5, 5.41) is 5.68. The van der Waals surface area contributed by atoms with E-state index in [9.17, 15) is 14.4 Å². The average Bonchev–Trinajstić information content (AvgIpc) is 3.10. The molecule has 0 radical (unpaired) electrons. The van der Waals surface area contributed by atoms with Crippen LogP contribution in [0.15, 0.2) is 30.3 Å². The first kappa shape index (κ1) is 27.6. The van der Waals surface area contributed by atoms with Gasteiger partial charge in [0.25, 0.3) is 0 Å². The van der Waals surface area contributed by atoms with E-state index in [1.165, 1.54) is 24.8 Å². The van der Waals surface area contributed by atoms with Gasteiger partial charge in [-0.3, -0.25) is 19.8 Å². The lowest BCUT2D eigenvalue weighted by molar-refractivity contribution is -0.126. The molecule has 8 nitrogen and oxygen atoms in total. The number of hydrogen-bond acceptors (Lipinski definition) is 5. The first-order chi connectivity index (χ1) is 17.5. The summed E-state index contributed by atoms with van der Waals surface area (Å²) >= 11 is 0. The van der Waals surface area contributed by atoms with Gasteiger partial charge in [0.1, 0.15) is 0 Å². The Bertz CT molecular complexity index is 981. The van der Waals surface area contributed by atoms with Crippen molar-refractivity contribution < 1.29 is 14.4 Å². The first-order valence-corrected chi connectivity index (χ1v) is 13.8. The van der Waals surface area contributed by atoms with Gasteiger partial charge in [-0.15, -0.1) is 0 Å². The molecule has 3 fully saturated rings. The molecule has 0 bridgehead atoms. The molecular weight excluding hydrogens is 466 g/mol. The van der Waals surface area contributed by atoms with Crippen molar-refractivity contribution in [2.75, 3.05) is 47.3 Å². The molecule has 1 aromatic rings. The zero-order valence-corrected chi connectivity index (χ0v) is 23.3. The summed E-state index contributed by atoms with van der Waals surface area (Å²) in [4.78, 5) is 45.0. The first-order valence-electron chi connectivity index (χ1n) is 13.8. The van der Waals surface area contributed by atoms with E-state index >= 15 is 0 Å². The molecular formula is C29H45N5O3. The smallest absolute Gasteiger partial charge is 0.321 e. The number of hydrogen-bond donors (Lipinski definition) is 2. The molecule has 1 spiro atoms. The fraction of sp³-hybridized carbons (Fsp3) is 0.690. The van der Waals surface area contributed by atoms with Gasteiger partial charge in [0.05, 0.1) is 24.2 Å². The van der Waals surface area contributed by atoms with E-state index in [-0.39, 0.29) is 41.9 Å². The van der Waals surface area contributed by atoms with Crippen LogP contribution in [-0.4, -0.2) is 90.8 Å². The van der Waals surface area contributed by atoms with Crippen LogP contribution < -0.4 is 10.6 Å². The number of nitrogens with one attached hydrogen (secondary N) is 2. The molecule has 4 rings (SSSR count). The highest BCUT2D eigenvalue weighted by Gasteiger charge is 2.55. The SMILES string of the molecule is CNC(=O)C(C)(C)NCC(=O)CN1CC2(CCC(c3ccccc3)(N(C)C)CC2)N(CC2CCC2)C1=O. The van der Waals surface area contributed by atoms with E-state index in [2.05, 4.69) is 64.9 Å². The second-order valence-electron chi connectivity index (χ2n) is 12.2. The Balaban J connectivity index is 1.48. The van der Waals surface area contributed by atoms with Crippen molar-refractivity contribution in [3.8, 4) is 0 Å². The van der Waals surface area contributed by atoms with Crippen LogP contribution in [0.2, 0.25) is 0 Å². The summed E-state index contributed by atoms with van der Waals surface area (Å²) in [6, 6.07) is 10.7. The molecule has 1 aliphatic heterocycles. The van der Waals surface area contributed by atoms with Crippen molar-refractivity contribution in [3.05, 3.63) is 35.9 Å². The maximum Gasteiger partial charge on any atom is 0.321 e. The standard InChI is InChI=1S/C29H45N5O3/c1-27(2,25(36)30-3)31-18-24(35)20-33-21-28(34(26(33)37)19-22-10-9-11-22)14-16-29(17-15-28,32(4)5)23-12-7-6-8-13-23/h6-8,12-13,22,31H,9-11,14-21H2,1-5H3,(H,30,36). The van der Waals surface area contributed by atoms with Gasteiger partial charge in [-0.25, -0.2) is 4.79 Å². The number of amides is 3. The lowest BCUT2D eigenvalue weighted by Gasteiger charge is -2.51. The van der Waals surface area contributed by atoms with Crippen molar-refractivity contribution in [1.29, 1.82) is 0 Å². The van der Waals surface area contributed by atoms with Crippen LogP contribution >= 0.6 is 0 Å². The predicted molar refractivity (Wildman–Crippen MR) is 145 cm³/mol. The lowest BCUT2D eigenvalue weighted by Crippen LogP contribution is -2.56. The summed E-state index contributed by atoms with van der Waals surface area (Å²) < 4.78 is 0. The lowest BCUT2D eigenvalue weighted by atomic mass is 9.68. The topological polar surface area (TPSA) is 85.0 Å². The van der Waals surface area contributed by atoms with Crippen molar-refractivity contribution in [1.82, 2.24) is 25.3 Å². The molecule has 3 amide bonds. The van der Waals surface area contributed by atoms with Crippen LogP contribution in [0.4, 0.5) is 4.79 Å². The fourth-order valence-corrected chi connectivity index (χ4v) is 6.49. The molecule has 3 aliphatic rings. The number of ketones is 1. The van der Waals surface area contributed by atoms with Gasteiger partial charge in [-0.05, 0) is 77.9 Å². The van der Waals surface area contributed by atoms with Crippen LogP contribution in [0.3, 0.4) is 0 Å². The summed E-state index contributed by atoms with van der Waals surface area (Å²) in [6.07, 6.45) is 7.40. The Labute approximate surface area is 222 Å². The number of rotatable bonds is 10. The Morgan fingerprint density at radius 3 is 2.27 bits per heavy atom. The van der Waals surface area contributed by atoms with E-state index in [4.69, 9.17) is 0 Å². The molecule has 1 heterocycles. The van der Waals surface area contributed by atoms with Gasteiger partial charge >= 0.3 is 6.03 Å². The molecule has 8 heteroatoms. The van der Waals surface area contributed by atoms with E-state index in [1.54, 1.807) is 25.8 Å². The zero-order chi connectivity index (χ0) is 26.8. The average molecular weight is 512 g/mol. The highest BCUT2D eigenvalue weighted by molar-refractivity contribution is 5.90. The minimum absolute atomic E-state index is 0.00266. The molecule has 0 atom stereocenters. The zero-order valence-electron chi connectivity index (χ0n) is 23.3. The Morgan fingerprint density at radius 2 is 1.73 bits per heavy atom. The van der Waals surface area contributed by atoms with E-state index < -0.39 is 5.54 Å². The molecule has 37 heavy (non-hydrogen) atoms. The number of Topliss-reactive ketones (excluding diaryl/α,β-unsaturated/α-hetero) is 1. The molecule has 1 saturated heterocycles. The number of likely N-dealkylation sites (N-methyl/N-ethyl adjacent to an activating group) is 1. The Hall–Kier alpha value is -2.45. The van der Waals surface area contributed by atoms with Crippen molar-refractivity contribution in [2.45, 2.75) is 75.4 Å². The van der Waals surface area contributed by atoms with Gasteiger partial charge in [0.15, 0.2) is 5.78 Å². The fourth-order valence-electron chi connectivity index (χ4n) is 6.49. The summed E-state index contributed by atoms with van der Waals surface area (Å²) in [7, 11) is 5.91. The molecule has 1 aromatic carbocycles. The molecule has 2 N–H and O–H groups in total. The minimum Gasteiger partial charge on any atom is -0.358 e. The van der Waals surface area contributed by atoms with Crippen LogP contribution in [0.1, 0.15) is 64.4 Å². The van der Waals surface area contributed by atoms with Gasteiger partial charge in [-0.1, -0.05) is 36.8 Å². The second kappa shape index (κ2) is 10.7. The molecule has 2 aliphatic carbocycles. The number of benzene rings is 1. The van der Waals surface area contributed by atoms with E-state index in [0.717, 1.165) is 32.2 Å². The van der Waals surface area contributed by atoms with Gasteiger partial charge < -0.3 is 15.1 Å². The van der Waals surface area contributed by atoms with Crippen LogP contribution in [0, 0.1) is 5.92 Å². The maximum atomic E-state index is 13.7. The monoisotopic (exact) mass is 511 g/mol. The van der Waals surface area contributed by atoms with Crippen molar-refractivity contribution in [3.63, 3.8) is 0 Å². The maximum absolute atomic E-state index is 13.7. The normalized spacial score (nSPS) is 26.6. The van der Waals surface area contributed by atoms with Crippen LogP contribution in [0.5, 0.6) is 0 Å². The quantitative estimate of drug-likeness (QED) is 0.505. The van der Waals surface area contributed by atoms with Gasteiger partial charge in [0, 0.05) is 25.7 Å². The Kier molecular flexibility index (Phi) is 8.00. The number of carbonyl (C=O) groups is 3. The summed E-state index contributed by atoms with van der Waals surface area (Å²) in [6.45, 7) is 5.03. The highest BCUT2D eigenvalue weighted by atomic mass is 16.2. The number of urea groups is 1. The molecule has 0 aromatic heterocycles. The van der Waals surface area contributed by atoms with Gasteiger partial charge in [-0.2, -0.15) is 0 Å². The number of carbonyl (C=O) groups excluding carboxylic acids is 3. The third kappa shape index (κ3) is 5.41. The van der Waals surface area contributed by atoms with E-state index in [0.29, 0.717) is 12.5 Å². The predicted octanol–water partition coefficient (Wildman–Crippen LogP) is 2.98. The van der Waals surface area contributed by atoms with Gasteiger partial charge in [0.2, 0.25) is 5.91 Å². The minimum atomic E-state index is -0.854. The van der Waals surface area contributed by atoms with E-state index in [1.807, 2.05) is 0 Å². The molecule has 0 unspecified atom stereocenters. The molecule has 204 valence electrons. The summed E-state index contributed by atoms with van der Waals surface area (Å²) in [5.41, 5.74) is 0.209. The largest absolute Gasteiger partial charge is 0.358 e. The van der Waals surface area contributed by atoms with Crippen molar-refractivity contribution in [2.24, 2.45) is 5.92 Å². The second-order valence-corrected chi connectivity index (χ2v) is 12.2. The summed E-state index contributed by atoms with van der Waals surface area (Å²) in [5.74, 6) is 0.322. The highest BCUT2D eigenvalue weighted by Crippen LogP contribution is 2.49. The molecule has 2 saturated carbocycles. The van der Waals surface area contributed by atoms with Crippen molar-refractivity contribution >= 4 is 17.7 Å². The van der Waals surface area contributed by atoms with Crippen LogP contribution in [0.25, 0.3) is 0 Å². The third-order valence-corrected chi connectivity index (χ3v) is 9.29. The number of nitrogens with zero attached hydrogens (tertiary/aromatic N) is 3. The third-order valence-electron chi connectivity index (χ3n) is 9.29. The Morgan fingerprint density at radius 1 is 1.08 bits per heavy atom.